The Hall–Kier alpha value is -1.55. The lowest BCUT2D eigenvalue weighted by atomic mass is 10.2. The van der Waals surface area contributed by atoms with Gasteiger partial charge in [-0.15, -0.1) is 0 Å². The van der Waals surface area contributed by atoms with Crippen molar-refractivity contribution in [1.82, 2.24) is 14.5 Å². The van der Waals surface area contributed by atoms with Gasteiger partial charge in [0.25, 0.3) is 0 Å². The molecule has 5 heteroatoms. The van der Waals surface area contributed by atoms with Gasteiger partial charge < -0.3 is 9.88 Å². The monoisotopic (exact) mass is 250 g/mol. The van der Waals surface area contributed by atoms with Gasteiger partial charge in [0.05, 0.1) is 17.4 Å². The number of pyridine rings is 1. The van der Waals surface area contributed by atoms with Crippen molar-refractivity contribution in [3.63, 3.8) is 0 Å². The van der Waals surface area contributed by atoms with Crippen LogP contribution in [0.25, 0.3) is 0 Å². The number of imidazole rings is 1. The fourth-order valence-electron chi connectivity index (χ4n) is 1.78. The third kappa shape index (κ3) is 2.58. The van der Waals surface area contributed by atoms with E-state index in [0.29, 0.717) is 5.15 Å². The van der Waals surface area contributed by atoms with Gasteiger partial charge in [0.15, 0.2) is 0 Å². The zero-order valence-corrected chi connectivity index (χ0v) is 10.9. The van der Waals surface area contributed by atoms with Crippen LogP contribution in [0.1, 0.15) is 24.5 Å². The molecular weight excluding hydrogens is 236 g/mol. The first-order valence-electron chi connectivity index (χ1n) is 5.45. The predicted molar refractivity (Wildman–Crippen MR) is 69.2 cm³/mol. The molecule has 1 atom stereocenters. The summed E-state index contributed by atoms with van der Waals surface area (Å²) in [6.07, 6.45) is 3.72. The molecule has 90 valence electrons. The van der Waals surface area contributed by atoms with Gasteiger partial charge in [-0.25, -0.2) is 9.97 Å². The van der Waals surface area contributed by atoms with Crippen molar-refractivity contribution < 1.29 is 0 Å². The summed E-state index contributed by atoms with van der Waals surface area (Å²) in [5, 5.41) is 3.89. The zero-order chi connectivity index (χ0) is 12.4. The van der Waals surface area contributed by atoms with Crippen LogP contribution in [-0.4, -0.2) is 14.5 Å². The zero-order valence-electron chi connectivity index (χ0n) is 10.1. The van der Waals surface area contributed by atoms with E-state index in [2.05, 4.69) is 22.2 Å². The lowest BCUT2D eigenvalue weighted by molar-refractivity contribution is 0.720. The van der Waals surface area contributed by atoms with Crippen LogP contribution in [0, 0.1) is 6.92 Å². The highest BCUT2D eigenvalue weighted by atomic mass is 35.5. The molecule has 0 bridgehead atoms. The van der Waals surface area contributed by atoms with Crippen molar-refractivity contribution in [2.45, 2.75) is 19.9 Å². The third-order valence-corrected chi connectivity index (χ3v) is 2.88. The molecule has 17 heavy (non-hydrogen) atoms. The van der Waals surface area contributed by atoms with E-state index in [1.54, 1.807) is 12.3 Å². The fourth-order valence-corrected chi connectivity index (χ4v) is 1.96. The largest absolute Gasteiger partial charge is 0.374 e. The highest BCUT2D eigenvalue weighted by molar-refractivity contribution is 6.29. The number of halogens is 1. The van der Waals surface area contributed by atoms with Crippen molar-refractivity contribution in [2.24, 2.45) is 7.05 Å². The van der Waals surface area contributed by atoms with Gasteiger partial charge in [-0.05, 0) is 26.0 Å². The van der Waals surface area contributed by atoms with Crippen molar-refractivity contribution in [3.05, 3.63) is 41.2 Å². The molecule has 0 spiro atoms. The lowest BCUT2D eigenvalue weighted by Crippen LogP contribution is -2.12. The first-order chi connectivity index (χ1) is 8.08. The van der Waals surface area contributed by atoms with Crippen LogP contribution in [0.5, 0.6) is 0 Å². The summed E-state index contributed by atoms with van der Waals surface area (Å²) in [5.41, 5.74) is 1.86. The second kappa shape index (κ2) is 4.75. The number of hydrogen-bond acceptors (Lipinski definition) is 3. The normalized spacial score (nSPS) is 12.5. The Morgan fingerprint density at radius 2 is 2.18 bits per heavy atom. The molecule has 0 fully saturated rings. The topological polar surface area (TPSA) is 42.7 Å². The minimum Gasteiger partial charge on any atom is -0.374 e. The molecule has 1 N–H and O–H groups in total. The quantitative estimate of drug-likeness (QED) is 0.852. The number of nitrogens with one attached hydrogen (secondary N) is 1. The maximum Gasteiger partial charge on any atom is 0.130 e. The first-order valence-corrected chi connectivity index (χ1v) is 5.82. The maximum absolute atomic E-state index is 5.82. The van der Waals surface area contributed by atoms with Gasteiger partial charge in [0.2, 0.25) is 0 Å². The van der Waals surface area contributed by atoms with E-state index >= 15 is 0 Å². The first kappa shape index (κ1) is 11.9. The summed E-state index contributed by atoms with van der Waals surface area (Å²) < 4.78 is 2.00. The Labute approximate surface area is 106 Å². The van der Waals surface area contributed by atoms with Crippen LogP contribution in [0.4, 0.5) is 5.69 Å². The number of aryl methyl sites for hydroxylation is 2. The molecule has 2 aromatic heterocycles. The third-order valence-electron chi connectivity index (χ3n) is 2.67. The smallest absolute Gasteiger partial charge is 0.130 e. The standard InChI is InChI=1S/C12H15ClN4/c1-8-10(4-5-11(13)16-8)15-9(2)12-14-6-7-17(12)3/h4-7,9,15H,1-3H3. The van der Waals surface area contributed by atoms with Crippen molar-refractivity contribution in [2.75, 3.05) is 5.32 Å². The molecule has 0 amide bonds. The minimum absolute atomic E-state index is 0.122. The predicted octanol–water partition coefficient (Wildman–Crippen LogP) is 2.95. The molecule has 1 unspecified atom stereocenters. The Kier molecular flexibility index (Phi) is 3.33. The Bertz CT molecular complexity index is 521. The molecule has 4 nitrogen and oxygen atoms in total. The van der Waals surface area contributed by atoms with Gasteiger partial charge in [-0.3, -0.25) is 0 Å². The number of hydrogen-bond donors (Lipinski definition) is 1. The molecule has 0 saturated heterocycles. The van der Waals surface area contributed by atoms with Gasteiger partial charge >= 0.3 is 0 Å². The second-order valence-electron chi connectivity index (χ2n) is 4.03. The molecule has 2 heterocycles. The van der Waals surface area contributed by atoms with Crippen molar-refractivity contribution in [3.8, 4) is 0 Å². The number of aromatic nitrogens is 3. The summed E-state index contributed by atoms with van der Waals surface area (Å²) in [6.45, 7) is 4.00. The van der Waals surface area contributed by atoms with E-state index in [0.717, 1.165) is 17.2 Å². The van der Waals surface area contributed by atoms with Crippen LogP contribution in [0.3, 0.4) is 0 Å². The van der Waals surface area contributed by atoms with Gasteiger partial charge in [-0.2, -0.15) is 0 Å². The highest BCUT2D eigenvalue weighted by Crippen LogP contribution is 2.21. The van der Waals surface area contributed by atoms with Crippen LogP contribution in [0.2, 0.25) is 5.15 Å². The van der Waals surface area contributed by atoms with E-state index < -0.39 is 0 Å². The van der Waals surface area contributed by atoms with Gasteiger partial charge in [0.1, 0.15) is 11.0 Å². The maximum atomic E-state index is 5.82. The molecule has 0 aliphatic rings. The average molecular weight is 251 g/mol. The van der Waals surface area contributed by atoms with E-state index in [4.69, 9.17) is 11.6 Å². The van der Waals surface area contributed by atoms with Crippen molar-refractivity contribution >= 4 is 17.3 Å². The molecular formula is C12H15ClN4. The minimum atomic E-state index is 0.122. The summed E-state index contributed by atoms with van der Waals surface area (Å²) in [7, 11) is 1.98. The molecule has 0 aliphatic heterocycles. The van der Waals surface area contributed by atoms with E-state index in [1.807, 2.05) is 30.8 Å². The van der Waals surface area contributed by atoms with E-state index in [1.165, 1.54) is 0 Å². The summed E-state index contributed by atoms with van der Waals surface area (Å²) >= 11 is 5.82. The molecule has 0 aromatic carbocycles. The van der Waals surface area contributed by atoms with Crippen LogP contribution in [-0.2, 0) is 7.05 Å². The average Bonchev–Trinajstić information content (AvgIpc) is 2.68. The summed E-state index contributed by atoms with van der Waals surface area (Å²) in [4.78, 5) is 8.52. The van der Waals surface area contributed by atoms with Gasteiger partial charge in [0, 0.05) is 19.4 Å². The van der Waals surface area contributed by atoms with Crippen LogP contribution in [0.15, 0.2) is 24.5 Å². The molecule has 0 aliphatic carbocycles. The number of rotatable bonds is 3. The molecule has 2 rings (SSSR count). The van der Waals surface area contributed by atoms with Crippen LogP contribution < -0.4 is 5.32 Å². The van der Waals surface area contributed by atoms with E-state index in [-0.39, 0.29) is 6.04 Å². The summed E-state index contributed by atoms with van der Waals surface area (Å²) in [5.74, 6) is 0.986. The second-order valence-corrected chi connectivity index (χ2v) is 4.42. The molecule has 0 saturated carbocycles. The SMILES string of the molecule is Cc1nc(Cl)ccc1NC(C)c1nccn1C. The Morgan fingerprint density at radius 1 is 1.41 bits per heavy atom. The fraction of sp³-hybridized carbons (Fsp3) is 0.333. The molecule has 0 radical (unpaired) electrons. The highest BCUT2D eigenvalue weighted by Gasteiger charge is 2.11. The van der Waals surface area contributed by atoms with Crippen LogP contribution >= 0.6 is 11.6 Å². The van der Waals surface area contributed by atoms with E-state index in [9.17, 15) is 0 Å². The van der Waals surface area contributed by atoms with Gasteiger partial charge in [-0.1, -0.05) is 11.6 Å². The molecule has 2 aromatic rings. The number of anilines is 1. The lowest BCUT2D eigenvalue weighted by Gasteiger charge is -2.16. The Morgan fingerprint density at radius 3 is 2.76 bits per heavy atom. The Balaban J connectivity index is 2.19. The number of nitrogens with zero attached hydrogens (tertiary/aromatic N) is 3. The van der Waals surface area contributed by atoms with Crippen molar-refractivity contribution in [1.29, 1.82) is 0 Å². The summed E-state index contributed by atoms with van der Waals surface area (Å²) in [6, 6.07) is 3.84.